The maximum atomic E-state index is 11.7. The van der Waals surface area contributed by atoms with Crippen molar-refractivity contribution in [2.75, 3.05) is 19.8 Å². The van der Waals surface area contributed by atoms with E-state index >= 15 is 0 Å². The van der Waals surface area contributed by atoms with Crippen LogP contribution in [0.2, 0.25) is 0 Å². The molecule has 3 amide bonds. The molecule has 1 saturated carbocycles. The van der Waals surface area contributed by atoms with E-state index in [0.717, 1.165) is 25.7 Å². The molecule has 4 N–H and O–H groups in total. The average Bonchev–Trinajstić information content (AvgIpc) is 2.53. The standard InChI is InChI=1S/C15H25N3O5/c1-2-8-23-10-12(14(20)21)18-13(19)9-16-15(22)17-11-6-4-3-5-7-11/h2,11-12H,1,3-10H2,(H,18,19)(H,20,21)(H2,16,17,22). The van der Waals surface area contributed by atoms with E-state index in [-0.39, 0.29) is 25.8 Å². The molecular formula is C15H25N3O5. The van der Waals surface area contributed by atoms with E-state index < -0.39 is 23.9 Å². The topological polar surface area (TPSA) is 117 Å². The van der Waals surface area contributed by atoms with E-state index in [1.54, 1.807) is 0 Å². The second-order valence-corrected chi connectivity index (χ2v) is 5.45. The Bertz CT molecular complexity index is 421. The van der Waals surface area contributed by atoms with Crippen LogP contribution in [0, 0.1) is 0 Å². The number of urea groups is 1. The zero-order chi connectivity index (χ0) is 17.1. The van der Waals surface area contributed by atoms with Crippen LogP contribution in [0.3, 0.4) is 0 Å². The number of hydrogen-bond acceptors (Lipinski definition) is 4. The van der Waals surface area contributed by atoms with Crippen LogP contribution in [0.5, 0.6) is 0 Å². The highest BCUT2D eigenvalue weighted by Crippen LogP contribution is 2.16. The highest BCUT2D eigenvalue weighted by Gasteiger charge is 2.21. The molecule has 130 valence electrons. The molecule has 1 atom stereocenters. The van der Waals surface area contributed by atoms with Crippen molar-refractivity contribution < 1.29 is 24.2 Å². The second kappa shape index (κ2) is 10.6. The monoisotopic (exact) mass is 327 g/mol. The summed E-state index contributed by atoms with van der Waals surface area (Å²) < 4.78 is 5.02. The van der Waals surface area contributed by atoms with Gasteiger partial charge in [-0.25, -0.2) is 9.59 Å². The van der Waals surface area contributed by atoms with Crippen LogP contribution in [0.4, 0.5) is 4.79 Å². The van der Waals surface area contributed by atoms with Gasteiger partial charge in [-0.05, 0) is 12.8 Å². The highest BCUT2D eigenvalue weighted by atomic mass is 16.5. The van der Waals surface area contributed by atoms with Crippen LogP contribution < -0.4 is 16.0 Å². The van der Waals surface area contributed by atoms with E-state index in [0.29, 0.717) is 0 Å². The summed E-state index contributed by atoms with van der Waals surface area (Å²) in [5.41, 5.74) is 0. The minimum Gasteiger partial charge on any atom is -0.480 e. The van der Waals surface area contributed by atoms with Crippen molar-refractivity contribution >= 4 is 17.9 Å². The van der Waals surface area contributed by atoms with Crippen LogP contribution in [-0.2, 0) is 14.3 Å². The molecule has 0 bridgehead atoms. The van der Waals surface area contributed by atoms with Gasteiger partial charge in [0.05, 0.1) is 19.8 Å². The third kappa shape index (κ3) is 8.20. The molecule has 0 saturated heterocycles. The second-order valence-electron chi connectivity index (χ2n) is 5.45. The van der Waals surface area contributed by atoms with E-state index in [9.17, 15) is 14.4 Å². The summed E-state index contributed by atoms with van der Waals surface area (Å²) in [5, 5.41) is 16.5. The molecule has 0 heterocycles. The van der Waals surface area contributed by atoms with Gasteiger partial charge in [-0.15, -0.1) is 6.58 Å². The molecule has 0 aliphatic heterocycles. The third-order valence-corrected chi connectivity index (χ3v) is 3.50. The van der Waals surface area contributed by atoms with Gasteiger partial charge in [-0.1, -0.05) is 25.3 Å². The van der Waals surface area contributed by atoms with Crippen molar-refractivity contribution in [3.05, 3.63) is 12.7 Å². The lowest BCUT2D eigenvalue weighted by Crippen LogP contribution is -2.50. The lowest BCUT2D eigenvalue weighted by Gasteiger charge is -2.22. The van der Waals surface area contributed by atoms with Gasteiger partial charge in [0.2, 0.25) is 5.91 Å². The Balaban J connectivity index is 2.26. The number of ether oxygens (including phenoxy) is 1. The number of aliphatic carboxylic acids is 1. The summed E-state index contributed by atoms with van der Waals surface area (Å²) >= 11 is 0. The number of amides is 3. The number of hydrogen-bond donors (Lipinski definition) is 4. The summed E-state index contributed by atoms with van der Waals surface area (Å²) in [6.45, 7) is 3.19. The van der Waals surface area contributed by atoms with Crippen LogP contribution >= 0.6 is 0 Å². The average molecular weight is 327 g/mol. The van der Waals surface area contributed by atoms with Gasteiger partial charge in [0.25, 0.3) is 0 Å². The van der Waals surface area contributed by atoms with Gasteiger partial charge < -0.3 is 25.8 Å². The largest absolute Gasteiger partial charge is 0.480 e. The quantitative estimate of drug-likeness (QED) is 0.361. The van der Waals surface area contributed by atoms with Crippen LogP contribution in [0.15, 0.2) is 12.7 Å². The normalized spacial score (nSPS) is 16.2. The van der Waals surface area contributed by atoms with Crippen molar-refractivity contribution in [3.8, 4) is 0 Å². The number of carbonyl (C=O) groups excluding carboxylic acids is 2. The number of nitrogens with one attached hydrogen (secondary N) is 3. The van der Waals surface area contributed by atoms with Gasteiger partial charge in [-0.2, -0.15) is 0 Å². The highest BCUT2D eigenvalue weighted by molar-refractivity contribution is 5.87. The molecule has 8 nitrogen and oxygen atoms in total. The molecule has 23 heavy (non-hydrogen) atoms. The molecule has 0 aromatic heterocycles. The first kappa shape index (κ1) is 19.0. The Morgan fingerprint density at radius 1 is 1.26 bits per heavy atom. The molecule has 1 fully saturated rings. The Morgan fingerprint density at radius 3 is 2.57 bits per heavy atom. The van der Waals surface area contributed by atoms with E-state index in [1.165, 1.54) is 12.5 Å². The number of carbonyl (C=O) groups is 3. The first-order chi connectivity index (χ1) is 11.0. The minimum absolute atomic E-state index is 0.144. The fourth-order valence-corrected chi connectivity index (χ4v) is 2.33. The number of carboxylic acid groups (broad SMARTS) is 1. The molecule has 0 aromatic carbocycles. The molecule has 1 rings (SSSR count). The fourth-order valence-electron chi connectivity index (χ4n) is 2.33. The Hall–Kier alpha value is -2.09. The Kier molecular flexibility index (Phi) is 8.74. The Labute approximate surface area is 135 Å². The summed E-state index contributed by atoms with van der Waals surface area (Å²) in [5.74, 6) is -1.78. The van der Waals surface area contributed by atoms with Crippen LogP contribution in [-0.4, -0.2) is 54.9 Å². The van der Waals surface area contributed by atoms with Crippen LogP contribution in [0.1, 0.15) is 32.1 Å². The number of rotatable bonds is 9. The summed E-state index contributed by atoms with van der Waals surface area (Å²) in [7, 11) is 0. The molecule has 1 aliphatic carbocycles. The molecule has 1 aliphatic rings. The van der Waals surface area contributed by atoms with Crippen molar-refractivity contribution in [1.29, 1.82) is 0 Å². The first-order valence-corrected chi connectivity index (χ1v) is 7.78. The van der Waals surface area contributed by atoms with Gasteiger partial charge in [0.1, 0.15) is 0 Å². The first-order valence-electron chi connectivity index (χ1n) is 7.78. The fraction of sp³-hybridized carbons (Fsp3) is 0.667. The predicted molar refractivity (Wildman–Crippen MR) is 84.0 cm³/mol. The van der Waals surface area contributed by atoms with Crippen molar-refractivity contribution in [2.45, 2.75) is 44.2 Å². The molecule has 0 aromatic rings. The lowest BCUT2D eigenvalue weighted by atomic mass is 9.96. The third-order valence-electron chi connectivity index (χ3n) is 3.50. The van der Waals surface area contributed by atoms with E-state index in [2.05, 4.69) is 22.5 Å². The van der Waals surface area contributed by atoms with E-state index in [1.807, 2.05) is 0 Å². The zero-order valence-electron chi connectivity index (χ0n) is 13.2. The van der Waals surface area contributed by atoms with Gasteiger partial charge in [-0.3, -0.25) is 4.79 Å². The summed E-state index contributed by atoms with van der Waals surface area (Å²) in [4.78, 5) is 34.4. The zero-order valence-corrected chi connectivity index (χ0v) is 13.2. The van der Waals surface area contributed by atoms with Gasteiger partial charge >= 0.3 is 12.0 Å². The maximum absolute atomic E-state index is 11.7. The van der Waals surface area contributed by atoms with E-state index in [4.69, 9.17) is 9.84 Å². The molecular weight excluding hydrogens is 302 g/mol. The molecule has 0 spiro atoms. The van der Waals surface area contributed by atoms with Crippen molar-refractivity contribution in [2.24, 2.45) is 0 Å². The van der Waals surface area contributed by atoms with Gasteiger partial charge in [0.15, 0.2) is 6.04 Å². The molecule has 1 unspecified atom stereocenters. The van der Waals surface area contributed by atoms with Crippen LogP contribution in [0.25, 0.3) is 0 Å². The molecule has 0 radical (unpaired) electrons. The minimum atomic E-state index is -1.20. The van der Waals surface area contributed by atoms with Crippen molar-refractivity contribution in [1.82, 2.24) is 16.0 Å². The van der Waals surface area contributed by atoms with Crippen molar-refractivity contribution in [3.63, 3.8) is 0 Å². The summed E-state index contributed by atoms with van der Waals surface area (Å²) in [6.07, 6.45) is 6.75. The SMILES string of the molecule is C=CCOCC(NC(=O)CNC(=O)NC1CCCCC1)C(=O)O. The summed E-state index contributed by atoms with van der Waals surface area (Å²) in [6, 6.07) is -1.43. The Morgan fingerprint density at radius 2 is 1.96 bits per heavy atom. The van der Waals surface area contributed by atoms with Gasteiger partial charge in [0, 0.05) is 6.04 Å². The number of carboxylic acids is 1. The molecule has 8 heteroatoms. The predicted octanol–water partition coefficient (Wildman–Crippen LogP) is 0.390. The smallest absolute Gasteiger partial charge is 0.328 e. The maximum Gasteiger partial charge on any atom is 0.328 e. The lowest BCUT2D eigenvalue weighted by molar-refractivity contribution is -0.143.